The van der Waals surface area contributed by atoms with Crippen LogP contribution in [0, 0.1) is 5.82 Å². The fourth-order valence-corrected chi connectivity index (χ4v) is 4.09. The smallest absolute Gasteiger partial charge is 0.229 e. The molecule has 1 saturated heterocycles. The molecule has 1 N–H and O–H groups in total. The summed E-state index contributed by atoms with van der Waals surface area (Å²) in [6.45, 7) is 2.14. The van der Waals surface area contributed by atoms with Crippen LogP contribution < -0.4 is 5.32 Å². The van der Waals surface area contributed by atoms with Gasteiger partial charge in [-0.2, -0.15) is 0 Å². The van der Waals surface area contributed by atoms with E-state index in [0.29, 0.717) is 18.8 Å². The summed E-state index contributed by atoms with van der Waals surface area (Å²) in [5, 5.41) is 5.94. The number of pyridine rings is 1. The molecule has 0 saturated carbocycles. The summed E-state index contributed by atoms with van der Waals surface area (Å²) in [6.07, 6.45) is 3.78. The first-order valence-corrected chi connectivity index (χ1v) is 9.69. The molecule has 3 aromatic rings. The Balaban J connectivity index is 1.50. The van der Waals surface area contributed by atoms with Gasteiger partial charge in [0, 0.05) is 43.0 Å². The van der Waals surface area contributed by atoms with Crippen molar-refractivity contribution in [2.24, 2.45) is 0 Å². The van der Waals surface area contributed by atoms with Crippen molar-refractivity contribution < 1.29 is 9.18 Å². The van der Waals surface area contributed by atoms with Crippen LogP contribution in [0.5, 0.6) is 0 Å². The van der Waals surface area contributed by atoms with E-state index in [4.69, 9.17) is 0 Å². The van der Waals surface area contributed by atoms with Gasteiger partial charge >= 0.3 is 0 Å². The molecular weight excluding hydrogens is 363 g/mol. The van der Waals surface area contributed by atoms with Gasteiger partial charge in [-0.25, -0.2) is 9.37 Å². The molecule has 0 spiro atoms. The number of aromatic nitrogens is 2. The second-order valence-corrected chi connectivity index (χ2v) is 7.28. The van der Waals surface area contributed by atoms with E-state index in [0.717, 1.165) is 22.7 Å². The fraction of sp³-hybridized carbons (Fsp3) is 0.250. The molecule has 1 aliphatic rings. The molecule has 1 aromatic carbocycles. The van der Waals surface area contributed by atoms with Crippen LogP contribution in [0.3, 0.4) is 0 Å². The Bertz CT molecular complexity index is 930. The maximum Gasteiger partial charge on any atom is 0.229 e. The fourth-order valence-electron chi connectivity index (χ4n) is 3.27. The number of benzene rings is 1. The molecule has 1 amide bonds. The number of halogens is 1. The van der Waals surface area contributed by atoms with Crippen molar-refractivity contribution in [1.29, 1.82) is 0 Å². The topological polar surface area (TPSA) is 58.1 Å². The lowest BCUT2D eigenvalue weighted by Gasteiger charge is -2.36. The van der Waals surface area contributed by atoms with Crippen molar-refractivity contribution in [3.8, 4) is 10.6 Å². The quantitative estimate of drug-likeness (QED) is 0.754. The summed E-state index contributed by atoms with van der Waals surface area (Å²) < 4.78 is 13.4. The summed E-state index contributed by atoms with van der Waals surface area (Å²) in [6, 6.07) is 10.2. The van der Waals surface area contributed by atoms with Crippen molar-refractivity contribution in [1.82, 2.24) is 20.2 Å². The lowest BCUT2D eigenvalue weighted by molar-refractivity contribution is -0.133. The summed E-state index contributed by atoms with van der Waals surface area (Å²) in [5.41, 5.74) is 2.47. The highest BCUT2D eigenvalue weighted by Gasteiger charge is 2.28. The summed E-state index contributed by atoms with van der Waals surface area (Å²) in [7, 11) is 0. The average Bonchev–Trinajstić information content (AvgIpc) is 3.17. The maximum atomic E-state index is 13.4. The van der Waals surface area contributed by atoms with Gasteiger partial charge in [0.25, 0.3) is 0 Å². The van der Waals surface area contributed by atoms with E-state index in [9.17, 15) is 9.18 Å². The molecule has 27 heavy (non-hydrogen) atoms. The van der Waals surface area contributed by atoms with Crippen molar-refractivity contribution in [2.45, 2.75) is 12.5 Å². The summed E-state index contributed by atoms with van der Waals surface area (Å²) in [5.74, 6) is -0.248. The molecule has 0 aliphatic carbocycles. The Morgan fingerprint density at radius 3 is 3.07 bits per heavy atom. The van der Waals surface area contributed by atoms with E-state index in [1.54, 1.807) is 12.3 Å². The maximum absolute atomic E-state index is 13.4. The number of thiazole rings is 1. The Morgan fingerprint density at radius 1 is 1.33 bits per heavy atom. The zero-order valence-corrected chi connectivity index (χ0v) is 15.5. The minimum absolute atomic E-state index is 0.0266. The number of carbonyl (C=O) groups is 1. The van der Waals surface area contributed by atoms with Gasteiger partial charge < -0.3 is 10.2 Å². The third-order valence-electron chi connectivity index (χ3n) is 4.59. The van der Waals surface area contributed by atoms with E-state index in [1.165, 1.54) is 23.5 Å². The molecule has 3 heterocycles. The molecular formula is C20H19FN4OS. The molecule has 1 unspecified atom stereocenters. The van der Waals surface area contributed by atoms with Crippen molar-refractivity contribution in [3.63, 3.8) is 0 Å². The monoisotopic (exact) mass is 382 g/mol. The van der Waals surface area contributed by atoms with E-state index >= 15 is 0 Å². The van der Waals surface area contributed by atoms with Gasteiger partial charge in [0.2, 0.25) is 5.91 Å². The van der Waals surface area contributed by atoms with Crippen LogP contribution in [0.15, 0.2) is 54.2 Å². The SMILES string of the molecule is O=C(Cc1csc(-c2cccc(F)c2)n1)N1CCNCC1c1cccnc1. The molecule has 4 rings (SSSR count). The van der Waals surface area contributed by atoms with Gasteiger partial charge in [0.1, 0.15) is 10.8 Å². The number of hydrogen-bond donors (Lipinski definition) is 1. The van der Waals surface area contributed by atoms with Gasteiger partial charge in [0.15, 0.2) is 0 Å². The molecule has 7 heteroatoms. The van der Waals surface area contributed by atoms with E-state index < -0.39 is 0 Å². The van der Waals surface area contributed by atoms with Crippen LogP contribution in [-0.4, -0.2) is 40.4 Å². The van der Waals surface area contributed by atoms with Gasteiger partial charge in [-0.15, -0.1) is 11.3 Å². The summed E-state index contributed by atoms with van der Waals surface area (Å²) >= 11 is 1.43. The molecule has 2 aromatic heterocycles. The van der Waals surface area contributed by atoms with Gasteiger partial charge in [-0.3, -0.25) is 9.78 Å². The van der Waals surface area contributed by atoms with Gasteiger partial charge in [-0.1, -0.05) is 18.2 Å². The largest absolute Gasteiger partial charge is 0.333 e. The second-order valence-electron chi connectivity index (χ2n) is 6.42. The van der Waals surface area contributed by atoms with Crippen molar-refractivity contribution in [3.05, 3.63) is 71.2 Å². The Morgan fingerprint density at radius 2 is 2.26 bits per heavy atom. The summed E-state index contributed by atoms with van der Waals surface area (Å²) in [4.78, 5) is 23.5. The van der Waals surface area contributed by atoms with Crippen molar-refractivity contribution in [2.75, 3.05) is 19.6 Å². The van der Waals surface area contributed by atoms with Crippen molar-refractivity contribution >= 4 is 17.2 Å². The molecule has 138 valence electrons. The zero-order chi connectivity index (χ0) is 18.6. The van der Waals surface area contributed by atoms with Crippen LogP contribution in [0.2, 0.25) is 0 Å². The Hall–Kier alpha value is -2.64. The van der Waals surface area contributed by atoms with Crippen LogP contribution in [0.1, 0.15) is 17.3 Å². The molecule has 1 fully saturated rings. The normalized spacial score (nSPS) is 17.1. The number of nitrogens with zero attached hydrogens (tertiary/aromatic N) is 3. The lowest BCUT2D eigenvalue weighted by Crippen LogP contribution is -2.49. The lowest BCUT2D eigenvalue weighted by atomic mass is 10.0. The van der Waals surface area contributed by atoms with E-state index in [1.807, 2.05) is 34.7 Å². The second kappa shape index (κ2) is 7.94. The molecule has 0 bridgehead atoms. The first-order valence-electron chi connectivity index (χ1n) is 8.81. The number of nitrogens with one attached hydrogen (secondary N) is 1. The first-order chi connectivity index (χ1) is 13.2. The predicted molar refractivity (Wildman–Crippen MR) is 103 cm³/mol. The van der Waals surface area contributed by atoms with Crippen LogP contribution in [-0.2, 0) is 11.2 Å². The van der Waals surface area contributed by atoms with E-state index in [-0.39, 0.29) is 24.2 Å². The minimum Gasteiger partial charge on any atom is -0.333 e. The number of amides is 1. The van der Waals surface area contributed by atoms with Gasteiger partial charge in [0.05, 0.1) is 18.2 Å². The number of hydrogen-bond acceptors (Lipinski definition) is 5. The van der Waals surface area contributed by atoms with E-state index in [2.05, 4.69) is 15.3 Å². The molecule has 5 nitrogen and oxygen atoms in total. The molecule has 1 atom stereocenters. The average molecular weight is 382 g/mol. The predicted octanol–water partition coefficient (Wildman–Crippen LogP) is 3.06. The highest BCUT2D eigenvalue weighted by atomic mass is 32.1. The number of carbonyl (C=O) groups excluding carboxylic acids is 1. The first kappa shape index (κ1) is 17.8. The van der Waals surface area contributed by atoms with Crippen LogP contribution >= 0.6 is 11.3 Å². The minimum atomic E-state index is -0.291. The van der Waals surface area contributed by atoms with Crippen LogP contribution in [0.25, 0.3) is 10.6 Å². The molecule has 0 radical (unpaired) electrons. The zero-order valence-electron chi connectivity index (χ0n) is 14.6. The Kier molecular flexibility index (Phi) is 5.22. The number of rotatable bonds is 4. The van der Waals surface area contributed by atoms with Gasteiger partial charge in [-0.05, 0) is 23.8 Å². The highest BCUT2D eigenvalue weighted by Crippen LogP contribution is 2.26. The highest BCUT2D eigenvalue weighted by molar-refractivity contribution is 7.13. The number of piperazine rings is 1. The third kappa shape index (κ3) is 4.04. The standard InChI is InChI=1S/C20H19FN4OS/c21-16-5-1-3-14(9-16)20-24-17(13-27-20)10-19(26)25-8-7-23-12-18(25)15-4-2-6-22-11-15/h1-6,9,11,13,18,23H,7-8,10,12H2. The molecule has 1 aliphatic heterocycles. The van der Waals surface area contributed by atoms with Crippen LogP contribution in [0.4, 0.5) is 4.39 Å². The Labute approximate surface area is 160 Å². The third-order valence-corrected chi connectivity index (χ3v) is 5.53.